The molecule has 0 aliphatic heterocycles. The number of unbranched alkanes of at least 4 members (excludes halogenated alkanes) is 2. The van der Waals surface area contributed by atoms with Crippen molar-refractivity contribution in [2.24, 2.45) is 28.6 Å². The van der Waals surface area contributed by atoms with E-state index in [1.165, 1.54) is 6.92 Å². The third-order valence-electron chi connectivity index (χ3n) is 9.59. The molecule has 8 atom stereocenters. The molecule has 8 nitrogen and oxygen atoms in total. The van der Waals surface area contributed by atoms with Crippen LogP contribution in [0.3, 0.4) is 0 Å². The number of ether oxygens (including phenoxy) is 2. The fourth-order valence-corrected chi connectivity index (χ4v) is 7.68. The second-order valence-corrected chi connectivity index (χ2v) is 11.9. The summed E-state index contributed by atoms with van der Waals surface area (Å²) in [5.74, 6) is -2.94. The molecular weight excluding hydrogens is 464 g/mol. The number of hydrogen-bond donors (Lipinski definition) is 3. The Kier molecular flexibility index (Phi) is 6.59. The largest absolute Gasteiger partial charge is 0.461 e. The predicted octanol–water partition coefficient (Wildman–Crippen LogP) is 2.63. The first kappa shape index (κ1) is 27.0. The first-order valence-corrected chi connectivity index (χ1v) is 13.1. The molecule has 3 N–H and O–H groups in total. The molecule has 4 aliphatic rings. The minimum atomic E-state index is -2.25. The van der Waals surface area contributed by atoms with Gasteiger partial charge in [-0.1, -0.05) is 52.7 Å². The Labute approximate surface area is 212 Å². The maximum atomic E-state index is 14.4. The molecule has 2 saturated carbocycles. The highest BCUT2D eigenvalue weighted by Gasteiger charge is 2.83. The minimum absolute atomic E-state index is 0.162. The van der Waals surface area contributed by atoms with Gasteiger partial charge in [-0.3, -0.25) is 14.4 Å². The molecule has 0 unspecified atom stereocenters. The van der Waals surface area contributed by atoms with Gasteiger partial charge in [-0.05, 0) is 36.8 Å². The van der Waals surface area contributed by atoms with Crippen molar-refractivity contribution in [2.45, 2.75) is 97.1 Å². The number of ketones is 1. The van der Waals surface area contributed by atoms with Crippen molar-refractivity contribution < 1.29 is 39.2 Å². The maximum absolute atomic E-state index is 14.4. The molecule has 0 aromatic carbocycles. The number of carbonyl (C=O) groups is 3. The second kappa shape index (κ2) is 8.77. The average Bonchev–Trinajstić information content (AvgIpc) is 3.21. The third kappa shape index (κ3) is 3.40. The molecule has 4 aliphatic carbocycles. The average molecular weight is 505 g/mol. The number of rotatable bonds is 7. The Balaban J connectivity index is 1.85. The molecule has 0 aromatic heterocycles. The van der Waals surface area contributed by atoms with Crippen LogP contribution in [0.2, 0.25) is 0 Å². The molecule has 0 amide bonds. The van der Waals surface area contributed by atoms with Crippen molar-refractivity contribution >= 4 is 17.7 Å². The van der Waals surface area contributed by atoms with Crippen LogP contribution in [0.1, 0.15) is 73.6 Å². The second-order valence-electron chi connectivity index (χ2n) is 11.9. The number of hydrogen-bond acceptors (Lipinski definition) is 8. The van der Waals surface area contributed by atoms with Crippen LogP contribution >= 0.6 is 0 Å². The molecule has 200 valence electrons. The highest BCUT2D eigenvalue weighted by Crippen LogP contribution is 2.75. The minimum Gasteiger partial charge on any atom is -0.461 e. The van der Waals surface area contributed by atoms with E-state index in [4.69, 9.17) is 9.47 Å². The number of allylic oxidation sites excluding steroid dienone is 1. The summed E-state index contributed by atoms with van der Waals surface area (Å²) in [6.45, 7) is 10.4. The number of fused-ring (bicyclic) bond motifs is 3. The van der Waals surface area contributed by atoms with E-state index in [-0.39, 0.29) is 29.9 Å². The number of Topliss-reactive ketones (excluding diaryl/α,β-unsaturated/α-hetero) is 1. The summed E-state index contributed by atoms with van der Waals surface area (Å²) in [5, 5.41) is 34.7. The highest BCUT2D eigenvalue weighted by atomic mass is 16.6. The van der Waals surface area contributed by atoms with E-state index in [1.54, 1.807) is 19.1 Å². The third-order valence-corrected chi connectivity index (χ3v) is 9.59. The summed E-state index contributed by atoms with van der Waals surface area (Å²) < 4.78 is 11.4. The van der Waals surface area contributed by atoms with Crippen LogP contribution in [-0.2, 0) is 23.9 Å². The number of aliphatic hydroxyl groups excluding tert-OH is 2. The van der Waals surface area contributed by atoms with Crippen molar-refractivity contribution in [3.63, 3.8) is 0 Å². The lowest BCUT2D eigenvalue weighted by Gasteiger charge is -2.48. The fraction of sp³-hybridized carbons (Fsp3) is 0.750. The van der Waals surface area contributed by atoms with Crippen LogP contribution in [0.25, 0.3) is 0 Å². The summed E-state index contributed by atoms with van der Waals surface area (Å²) in [4.78, 5) is 38.9. The fourth-order valence-electron chi connectivity index (χ4n) is 7.68. The normalized spacial score (nSPS) is 42.2. The van der Waals surface area contributed by atoms with Gasteiger partial charge in [0.05, 0.1) is 5.41 Å². The Morgan fingerprint density at radius 3 is 2.44 bits per heavy atom. The lowest BCUT2D eigenvalue weighted by Crippen LogP contribution is -2.65. The van der Waals surface area contributed by atoms with Gasteiger partial charge in [-0.15, -0.1) is 0 Å². The zero-order valence-electron chi connectivity index (χ0n) is 22.2. The topological polar surface area (TPSA) is 130 Å². The molecule has 1 spiro atoms. The van der Waals surface area contributed by atoms with E-state index in [0.29, 0.717) is 18.4 Å². The number of aliphatic hydroxyl groups is 3. The van der Waals surface area contributed by atoms with Gasteiger partial charge < -0.3 is 24.8 Å². The Morgan fingerprint density at radius 1 is 1.17 bits per heavy atom. The Morgan fingerprint density at radius 2 is 1.83 bits per heavy atom. The van der Waals surface area contributed by atoms with E-state index < -0.39 is 52.0 Å². The lowest BCUT2D eigenvalue weighted by atomic mass is 9.59. The standard InChI is InChI=1S/C28H40O8/c1-7-8-9-10-20(30)36-27-13-16(3)26-12-15(2)22(31)28(26,34)23(32)18(14-35-17(4)29)11-19(24(26)33)21(27)25(27,5)6/h11-12,16,19,21-23,31-32,34H,7-10,13-14H2,1-6H3/t16-,19+,21-,22+,23-,26+,27+,28-/m1/s1. The van der Waals surface area contributed by atoms with E-state index in [1.807, 2.05) is 20.8 Å². The van der Waals surface area contributed by atoms with Gasteiger partial charge in [0, 0.05) is 30.6 Å². The van der Waals surface area contributed by atoms with E-state index >= 15 is 0 Å². The van der Waals surface area contributed by atoms with Crippen LogP contribution < -0.4 is 0 Å². The van der Waals surface area contributed by atoms with Crippen LogP contribution in [0, 0.1) is 28.6 Å². The molecular formula is C28H40O8. The Hall–Kier alpha value is -2.03. The summed E-state index contributed by atoms with van der Waals surface area (Å²) in [6.07, 6.45) is 3.30. The quantitative estimate of drug-likeness (QED) is 0.274. The van der Waals surface area contributed by atoms with Crippen LogP contribution in [0.15, 0.2) is 23.3 Å². The van der Waals surface area contributed by atoms with E-state index in [0.717, 1.165) is 19.3 Å². The van der Waals surface area contributed by atoms with Crippen LogP contribution in [-0.4, -0.2) is 63.1 Å². The molecule has 0 saturated heterocycles. The van der Waals surface area contributed by atoms with Gasteiger partial charge in [-0.2, -0.15) is 0 Å². The van der Waals surface area contributed by atoms with Crippen molar-refractivity contribution in [3.05, 3.63) is 23.3 Å². The van der Waals surface area contributed by atoms with Crippen molar-refractivity contribution in [1.29, 1.82) is 0 Å². The summed E-state index contributed by atoms with van der Waals surface area (Å²) in [7, 11) is 0. The SMILES string of the molecule is CCCCCC(=O)O[C@@]12C[C@@H](C)[C@]34C=C(C)[C@H](O)[C@@]3(O)[C@H](O)C(COC(C)=O)=C[C@H](C4=O)[C@@H]1C2(C)C. The van der Waals surface area contributed by atoms with Crippen molar-refractivity contribution in [2.75, 3.05) is 6.61 Å². The molecule has 8 heteroatoms. The number of carbonyl (C=O) groups excluding carboxylic acids is 3. The van der Waals surface area contributed by atoms with Gasteiger partial charge in [0.1, 0.15) is 30.0 Å². The van der Waals surface area contributed by atoms with E-state index in [9.17, 15) is 29.7 Å². The van der Waals surface area contributed by atoms with Crippen LogP contribution in [0.5, 0.6) is 0 Å². The lowest BCUT2D eigenvalue weighted by molar-refractivity contribution is -0.192. The van der Waals surface area contributed by atoms with Crippen molar-refractivity contribution in [3.8, 4) is 0 Å². The van der Waals surface area contributed by atoms with E-state index in [2.05, 4.69) is 6.92 Å². The predicted molar refractivity (Wildman–Crippen MR) is 130 cm³/mol. The monoisotopic (exact) mass is 504 g/mol. The molecule has 2 fully saturated rings. The highest BCUT2D eigenvalue weighted by molar-refractivity contribution is 5.96. The zero-order chi connectivity index (χ0) is 26.8. The molecule has 0 radical (unpaired) electrons. The van der Waals surface area contributed by atoms with Gasteiger partial charge >= 0.3 is 11.9 Å². The summed E-state index contributed by atoms with van der Waals surface area (Å²) >= 11 is 0. The molecule has 36 heavy (non-hydrogen) atoms. The molecule has 0 aromatic rings. The molecule has 2 bridgehead atoms. The zero-order valence-corrected chi connectivity index (χ0v) is 22.2. The maximum Gasteiger partial charge on any atom is 0.306 e. The summed E-state index contributed by atoms with van der Waals surface area (Å²) in [6, 6.07) is 0. The molecule has 0 heterocycles. The molecule has 4 rings (SSSR count). The first-order valence-electron chi connectivity index (χ1n) is 13.1. The van der Waals surface area contributed by atoms with Gasteiger partial charge in [-0.25, -0.2) is 0 Å². The van der Waals surface area contributed by atoms with Gasteiger partial charge in [0.25, 0.3) is 0 Å². The van der Waals surface area contributed by atoms with Gasteiger partial charge in [0.2, 0.25) is 0 Å². The number of esters is 2. The summed E-state index contributed by atoms with van der Waals surface area (Å²) in [5.41, 5.74) is -4.75. The van der Waals surface area contributed by atoms with Crippen molar-refractivity contribution in [1.82, 2.24) is 0 Å². The Bertz CT molecular complexity index is 1030. The van der Waals surface area contributed by atoms with Crippen LogP contribution in [0.4, 0.5) is 0 Å². The first-order chi connectivity index (χ1) is 16.7. The van der Waals surface area contributed by atoms with Gasteiger partial charge in [0.15, 0.2) is 5.78 Å². The smallest absolute Gasteiger partial charge is 0.306 e.